The zero-order valence-electron chi connectivity index (χ0n) is 31.6. The maximum atomic E-state index is 3.84. The molecule has 3 aliphatic rings. The first-order valence-corrected chi connectivity index (χ1v) is 19.8. The van der Waals surface area contributed by atoms with Gasteiger partial charge in [-0.2, -0.15) is 0 Å². The molecule has 1 unspecified atom stereocenters. The van der Waals surface area contributed by atoms with Gasteiger partial charge in [-0.3, -0.25) is 0 Å². The Balaban J connectivity index is 0.985. The lowest BCUT2D eigenvalue weighted by molar-refractivity contribution is 0.658. The number of allylic oxidation sites excluding steroid dienone is 4. The first-order chi connectivity index (χ1) is 27.0. The summed E-state index contributed by atoms with van der Waals surface area (Å²) >= 11 is 0. The molecule has 266 valence electrons. The van der Waals surface area contributed by atoms with E-state index in [0.717, 1.165) is 30.6 Å². The summed E-state index contributed by atoms with van der Waals surface area (Å²) < 4.78 is 0. The van der Waals surface area contributed by atoms with Gasteiger partial charge in [-0.05, 0) is 116 Å². The first kappa shape index (κ1) is 33.4. The van der Waals surface area contributed by atoms with Gasteiger partial charge in [-0.15, -0.1) is 0 Å². The minimum atomic E-state index is -0.389. The summed E-state index contributed by atoms with van der Waals surface area (Å²) in [5, 5.41) is 3.84. The lowest BCUT2D eigenvalue weighted by Gasteiger charge is -2.33. The van der Waals surface area contributed by atoms with E-state index in [-0.39, 0.29) is 10.8 Å². The topological polar surface area (TPSA) is 12.0 Å². The molecule has 1 nitrogen and oxygen atoms in total. The molecule has 1 N–H and O–H groups in total. The van der Waals surface area contributed by atoms with E-state index in [1.54, 1.807) is 0 Å². The van der Waals surface area contributed by atoms with Gasteiger partial charge in [0.25, 0.3) is 0 Å². The molecule has 0 fully saturated rings. The van der Waals surface area contributed by atoms with E-state index < -0.39 is 0 Å². The number of hydrogen-bond acceptors (Lipinski definition) is 1. The molecule has 0 aliphatic heterocycles. The molecule has 10 rings (SSSR count). The van der Waals surface area contributed by atoms with Gasteiger partial charge in [-0.1, -0.05) is 178 Å². The number of benzene rings is 7. The molecule has 7 aromatic carbocycles. The fourth-order valence-electron chi connectivity index (χ4n) is 9.92. The number of fused-ring (bicyclic) bond motifs is 6. The lowest BCUT2D eigenvalue weighted by atomic mass is 9.68. The molecule has 3 aliphatic carbocycles. The van der Waals surface area contributed by atoms with E-state index in [0.29, 0.717) is 5.92 Å². The summed E-state index contributed by atoms with van der Waals surface area (Å²) in [5.41, 5.74) is 19.2. The lowest BCUT2D eigenvalue weighted by Crippen LogP contribution is -2.28. The van der Waals surface area contributed by atoms with Crippen LogP contribution in [0.5, 0.6) is 0 Å². The minimum Gasteiger partial charge on any atom is -0.355 e. The average Bonchev–Trinajstić information content (AvgIpc) is 3.66. The Morgan fingerprint density at radius 1 is 0.509 bits per heavy atom. The monoisotopic (exact) mass is 707 g/mol. The molecular weight excluding hydrogens is 663 g/mol. The molecule has 1 atom stereocenters. The predicted molar refractivity (Wildman–Crippen MR) is 230 cm³/mol. The summed E-state index contributed by atoms with van der Waals surface area (Å²) in [6, 6.07) is 63.2. The highest BCUT2D eigenvalue weighted by atomic mass is 14.9. The van der Waals surface area contributed by atoms with Gasteiger partial charge in [0.1, 0.15) is 0 Å². The van der Waals surface area contributed by atoms with Gasteiger partial charge >= 0.3 is 0 Å². The molecule has 0 amide bonds. The van der Waals surface area contributed by atoms with Gasteiger partial charge < -0.3 is 5.32 Å². The second-order valence-corrected chi connectivity index (χ2v) is 16.0. The summed E-state index contributed by atoms with van der Waals surface area (Å²) in [6.07, 6.45) is 10.4. The highest BCUT2D eigenvalue weighted by Gasteiger charge is 2.46. The third-order valence-electron chi connectivity index (χ3n) is 12.6. The second kappa shape index (κ2) is 13.3. The molecule has 0 heterocycles. The van der Waals surface area contributed by atoms with Crippen LogP contribution in [0.15, 0.2) is 194 Å². The molecule has 0 aromatic heterocycles. The van der Waals surface area contributed by atoms with E-state index in [1.807, 2.05) is 0 Å². The Labute approximate surface area is 325 Å². The minimum absolute atomic E-state index is 0.119. The maximum absolute atomic E-state index is 3.84. The third-order valence-corrected chi connectivity index (χ3v) is 12.6. The largest absolute Gasteiger partial charge is 0.355 e. The van der Waals surface area contributed by atoms with Crippen LogP contribution in [0.1, 0.15) is 77.1 Å². The smallest absolute Gasteiger partial charge is 0.0713 e. The van der Waals surface area contributed by atoms with Crippen molar-refractivity contribution in [3.63, 3.8) is 0 Å². The fourth-order valence-corrected chi connectivity index (χ4v) is 9.92. The number of anilines is 2. The number of nitrogens with one attached hydrogen (secondary N) is 1. The molecule has 0 bridgehead atoms. The Hall–Kier alpha value is -6.18. The summed E-state index contributed by atoms with van der Waals surface area (Å²) in [5.74, 6) is 0.350. The van der Waals surface area contributed by atoms with E-state index >= 15 is 0 Å². The molecule has 55 heavy (non-hydrogen) atoms. The van der Waals surface area contributed by atoms with Crippen LogP contribution in [0.4, 0.5) is 11.4 Å². The molecule has 0 saturated carbocycles. The van der Waals surface area contributed by atoms with Crippen molar-refractivity contribution >= 4 is 11.4 Å². The van der Waals surface area contributed by atoms with Crippen molar-refractivity contribution < 1.29 is 0 Å². The van der Waals surface area contributed by atoms with E-state index in [1.165, 1.54) is 72.3 Å². The van der Waals surface area contributed by atoms with Crippen LogP contribution in [0.2, 0.25) is 0 Å². The van der Waals surface area contributed by atoms with Crippen molar-refractivity contribution in [1.29, 1.82) is 0 Å². The standard InChI is InChI=1S/C54H45N/c1-53(2)51-34-37(33-47(38-17-7-3-8-18-38)39-19-9-4-10-20-39)27-30-45(51)46-31-28-43(36-52(46)53)55-42-29-32-50-48(35-42)44-25-15-16-26-49(44)54(50,40-21-11-5-12-22-40)41-23-13-6-14-24-41/h3,5-9,11-32,34-36,47,55H,4,10,33H2,1-2H3. The molecule has 7 aromatic rings. The zero-order chi connectivity index (χ0) is 37.0. The second-order valence-electron chi connectivity index (χ2n) is 16.0. The highest BCUT2D eigenvalue weighted by molar-refractivity contribution is 5.89. The molecule has 1 heteroatoms. The SMILES string of the molecule is CC1(C)c2cc(CC(C3=CCCC=C3)c3ccccc3)ccc2-c2ccc(Nc3ccc4c(c3)-c3ccccc3C4(c3ccccc3)c3ccccc3)cc21. The average molecular weight is 708 g/mol. The Morgan fingerprint density at radius 3 is 1.80 bits per heavy atom. The van der Waals surface area contributed by atoms with Crippen LogP contribution in [-0.2, 0) is 17.3 Å². The highest BCUT2D eigenvalue weighted by Crippen LogP contribution is 2.57. The first-order valence-electron chi connectivity index (χ1n) is 19.8. The number of rotatable bonds is 8. The van der Waals surface area contributed by atoms with Crippen LogP contribution in [-0.4, -0.2) is 0 Å². The van der Waals surface area contributed by atoms with Crippen LogP contribution >= 0.6 is 0 Å². The van der Waals surface area contributed by atoms with Crippen LogP contribution in [0, 0.1) is 0 Å². The number of hydrogen-bond donors (Lipinski definition) is 1. The van der Waals surface area contributed by atoms with Crippen LogP contribution in [0.3, 0.4) is 0 Å². The maximum Gasteiger partial charge on any atom is 0.0713 e. The van der Waals surface area contributed by atoms with Crippen molar-refractivity contribution in [3.05, 3.63) is 238 Å². The van der Waals surface area contributed by atoms with Crippen molar-refractivity contribution in [3.8, 4) is 22.3 Å². The summed E-state index contributed by atoms with van der Waals surface area (Å²) in [4.78, 5) is 0. The van der Waals surface area contributed by atoms with Crippen molar-refractivity contribution in [1.82, 2.24) is 0 Å². The normalized spacial score (nSPS) is 16.0. The molecule has 0 saturated heterocycles. The van der Waals surface area contributed by atoms with Gasteiger partial charge in [0, 0.05) is 22.7 Å². The zero-order valence-corrected chi connectivity index (χ0v) is 31.6. The van der Waals surface area contributed by atoms with Crippen molar-refractivity contribution in [2.24, 2.45) is 0 Å². The molecule has 0 spiro atoms. The predicted octanol–water partition coefficient (Wildman–Crippen LogP) is 13.7. The van der Waals surface area contributed by atoms with Gasteiger partial charge in [0.15, 0.2) is 0 Å². The Morgan fingerprint density at radius 2 is 1.09 bits per heavy atom. The third kappa shape index (κ3) is 5.44. The van der Waals surface area contributed by atoms with Gasteiger partial charge in [0.2, 0.25) is 0 Å². The Bertz CT molecular complexity index is 2570. The van der Waals surface area contributed by atoms with Crippen LogP contribution in [0.25, 0.3) is 22.3 Å². The fraction of sp³-hybridized carbons (Fsp3) is 0.148. The summed E-state index contributed by atoms with van der Waals surface area (Å²) in [7, 11) is 0. The quantitative estimate of drug-likeness (QED) is 0.166. The Kier molecular flexibility index (Phi) is 8.07. The van der Waals surface area contributed by atoms with Crippen LogP contribution < -0.4 is 5.32 Å². The van der Waals surface area contributed by atoms with E-state index in [2.05, 4.69) is 207 Å². The van der Waals surface area contributed by atoms with E-state index in [9.17, 15) is 0 Å². The molecule has 0 radical (unpaired) electrons. The van der Waals surface area contributed by atoms with Crippen molar-refractivity contribution in [2.75, 3.05) is 5.32 Å². The van der Waals surface area contributed by atoms with E-state index in [4.69, 9.17) is 0 Å². The molecular formula is C54H45N. The van der Waals surface area contributed by atoms with Gasteiger partial charge in [-0.25, -0.2) is 0 Å². The summed E-state index contributed by atoms with van der Waals surface area (Å²) in [6.45, 7) is 4.79. The van der Waals surface area contributed by atoms with Crippen molar-refractivity contribution in [2.45, 2.75) is 49.9 Å². The van der Waals surface area contributed by atoms with Gasteiger partial charge in [0.05, 0.1) is 5.41 Å².